The molecule has 1 aromatic rings. The number of hydrogen-bond donors (Lipinski definition) is 2. The third kappa shape index (κ3) is 3.30. The first kappa shape index (κ1) is 13.1. The van der Waals surface area contributed by atoms with E-state index in [-0.39, 0.29) is 5.41 Å². The third-order valence-electron chi connectivity index (χ3n) is 4.03. The van der Waals surface area contributed by atoms with Crippen LogP contribution in [0.2, 0.25) is 0 Å². The molecule has 0 spiro atoms. The molecule has 1 aliphatic rings. The van der Waals surface area contributed by atoms with Crippen molar-refractivity contribution in [3.05, 3.63) is 21.9 Å². The number of aryl methyl sites for hydroxylation is 1. The van der Waals surface area contributed by atoms with Gasteiger partial charge in [0, 0.05) is 25.1 Å². The Morgan fingerprint density at radius 1 is 1.29 bits per heavy atom. The second-order valence-corrected chi connectivity index (χ2v) is 6.15. The third-order valence-corrected chi connectivity index (χ3v) is 4.94. The Bertz CT molecular complexity index is 342. The first-order valence-corrected chi connectivity index (χ1v) is 7.53. The topological polar surface area (TPSA) is 32.3 Å². The Morgan fingerprint density at radius 2 is 2.06 bits per heavy atom. The summed E-state index contributed by atoms with van der Waals surface area (Å²) in [6, 6.07) is 0. The summed E-state index contributed by atoms with van der Waals surface area (Å²) in [6.07, 6.45) is 6.25. The summed E-state index contributed by atoms with van der Waals surface area (Å²) in [5, 5.41) is 17.6. The summed E-state index contributed by atoms with van der Waals surface area (Å²) in [5.41, 5.74) is 2.94. The molecule has 0 aliphatic heterocycles. The van der Waals surface area contributed by atoms with Crippen molar-refractivity contribution < 1.29 is 5.11 Å². The van der Waals surface area contributed by atoms with Crippen LogP contribution in [0.4, 0.5) is 0 Å². The smallest absolute Gasteiger partial charge is 0.0499 e. The van der Waals surface area contributed by atoms with Crippen molar-refractivity contribution >= 4 is 11.3 Å². The van der Waals surface area contributed by atoms with Crippen molar-refractivity contribution in [3.8, 4) is 0 Å². The van der Waals surface area contributed by atoms with Gasteiger partial charge >= 0.3 is 0 Å². The van der Waals surface area contributed by atoms with Crippen molar-refractivity contribution in [2.24, 2.45) is 5.41 Å². The van der Waals surface area contributed by atoms with Crippen LogP contribution >= 0.6 is 11.3 Å². The lowest BCUT2D eigenvalue weighted by Gasteiger charge is -2.35. The molecule has 1 aliphatic carbocycles. The predicted octanol–water partition coefficient (Wildman–Crippen LogP) is 3.09. The highest BCUT2D eigenvalue weighted by Gasteiger charge is 2.30. The predicted molar refractivity (Wildman–Crippen MR) is 73.4 cm³/mol. The quantitative estimate of drug-likeness (QED) is 0.845. The van der Waals surface area contributed by atoms with E-state index in [0.717, 1.165) is 13.1 Å². The molecular formula is C14H23NOS. The highest BCUT2D eigenvalue weighted by atomic mass is 32.1. The zero-order chi connectivity index (χ0) is 12.1. The number of nitrogens with one attached hydrogen (secondary N) is 1. The molecule has 1 fully saturated rings. The van der Waals surface area contributed by atoms with E-state index < -0.39 is 0 Å². The second-order valence-electron chi connectivity index (χ2n) is 5.40. The average Bonchev–Trinajstić information content (AvgIpc) is 2.76. The maximum absolute atomic E-state index is 9.62. The van der Waals surface area contributed by atoms with E-state index in [4.69, 9.17) is 0 Å². The first-order valence-electron chi connectivity index (χ1n) is 6.59. The standard InChI is InChI=1S/C14H23NOS/c1-12-8-17-9-13(12)7-15-10-14(11-16)5-3-2-4-6-14/h8-9,15-16H,2-7,10-11H2,1H3. The van der Waals surface area contributed by atoms with Crippen LogP contribution in [0.15, 0.2) is 10.8 Å². The normalized spacial score (nSPS) is 19.4. The maximum Gasteiger partial charge on any atom is 0.0499 e. The molecule has 1 aromatic heterocycles. The van der Waals surface area contributed by atoms with Crippen LogP contribution in [0.5, 0.6) is 0 Å². The van der Waals surface area contributed by atoms with E-state index >= 15 is 0 Å². The van der Waals surface area contributed by atoms with E-state index in [1.54, 1.807) is 11.3 Å². The molecular weight excluding hydrogens is 230 g/mol. The fourth-order valence-electron chi connectivity index (χ4n) is 2.72. The zero-order valence-electron chi connectivity index (χ0n) is 10.7. The monoisotopic (exact) mass is 253 g/mol. The molecule has 3 heteroatoms. The molecule has 1 saturated carbocycles. The van der Waals surface area contributed by atoms with Crippen LogP contribution < -0.4 is 5.32 Å². The molecule has 0 amide bonds. The molecule has 0 radical (unpaired) electrons. The molecule has 1 heterocycles. The summed E-state index contributed by atoms with van der Waals surface area (Å²) < 4.78 is 0. The number of rotatable bonds is 5. The van der Waals surface area contributed by atoms with Crippen LogP contribution in [0.25, 0.3) is 0 Å². The van der Waals surface area contributed by atoms with Gasteiger partial charge in [-0.3, -0.25) is 0 Å². The van der Waals surface area contributed by atoms with Gasteiger partial charge in [0.05, 0.1) is 0 Å². The Morgan fingerprint density at radius 3 is 2.65 bits per heavy atom. The van der Waals surface area contributed by atoms with Gasteiger partial charge in [-0.1, -0.05) is 19.3 Å². The molecule has 96 valence electrons. The van der Waals surface area contributed by atoms with Crippen LogP contribution in [-0.4, -0.2) is 18.3 Å². The molecule has 2 rings (SSSR count). The van der Waals surface area contributed by atoms with Crippen molar-refractivity contribution in [3.63, 3.8) is 0 Å². The molecule has 2 N–H and O–H groups in total. The van der Waals surface area contributed by atoms with Crippen molar-refractivity contribution in [1.82, 2.24) is 5.32 Å². The zero-order valence-corrected chi connectivity index (χ0v) is 11.5. The Labute approximate surface area is 108 Å². The average molecular weight is 253 g/mol. The fourth-order valence-corrected chi connectivity index (χ4v) is 3.58. The van der Waals surface area contributed by atoms with Gasteiger partial charge in [-0.2, -0.15) is 11.3 Å². The highest BCUT2D eigenvalue weighted by Crippen LogP contribution is 2.35. The van der Waals surface area contributed by atoms with Crippen LogP contribution in [-0.2, 0) is 6.54 Å². The summed E-state index contributed by atoms with van der Waals surface area (Å²) in [5.74, 6) is 0. The second kappa shape index (κ2) is 5.98. The molecule has 2 nitrogen and oxygen atoms in total. The summed E-state index contributed by atoms with van der Waals surface area (Å²) in [6.45, 7) is 4.40. The van der Waals surface area contributed by atoms with Gasteiger partial charge in [-0.05, 0) is 41.7 Å². The summed E-state index contributed by atoms with van der Waals surface area (Å²) >= 11 is 1.77. The number of aliphatic hydroxyl groups is 1. The molecule has 0 saturated heterocycles. The van der Waals surface area contributed by atoms with Crippen LogP contribution in [0.1, 0.15) is 43.2 Å². The molecule has 0 aromatic carbocycles. The van der Waals surface area contributed by atoms with Crippen LogP contribution in [0, 0.1) is 12.3 Å². The number of thiophene rings is 1. The Kier molecular flexibility index (Phi) is 4.60. The summed E-state index contributed by atoms with van der Waals surface area (Å²) in [4.78, 5) is 0. The van der Waals surface area contributed by atoms with E-state index in [1.165, 1.54) is 43.2 Å². The highest BCUT2D eigenvalue weighted by molar-refractivity contribution is 7.08. The molecule has 0 unspecified atom stereocenters. The minimum Gasteiger partial charge on any atom is -0.396 e. The van der Waals surface area contributed by atoms with Crippen molar-refractivity contribution in [1.29, 1.82) is 0 Å². The molecule has 0 atom stereocenters. The van der Waals surface area contributed by atoms with Gasteiger partial charge in [-0.25, -0.2) is 0 Å². The van der Waals surface area contributed by atoms with Gasteiger partial charge in [0.1, 0.15) is 0 Å². The van der Waals surface area contributed by atoms with E-state index in [2.05, 4.69) is 23.0 Å². The lowest BCUT2D eigenvalue weighted by Crippen LogP contribution is -2.38. The largest absolute Gasteiger partial charge is 0.396 e. The first-order chi connectivity index (χ1) is 8.26. The van der Waals surface area contributed by atoms with Gasteiger partial charge < -0.3 is 10.4 Å². The van der Waals surface area contributed by atoms with Crippen molar-refractivity contribution in [2.75, 3.05) is 13.2 Å². The maximum atomic E-state index is 9.62. The van der Waals surface area contributed by atoms with Crippen LogP contribution in [0.3, 0.4) is 0 Å². The minimum absolute atomic E-state index is 0.155. The van der Waals surface area contributed by atoms with Gasteiger partial charge in [0.15, 0.2) is 0 Å². The Balaban J connectivity index is 1.82. The van der Waals surface area contributed by atoms with E-state index in [0.29, 0.717) is 6.61 Å². The molecule has 0 bridgehead atoms. The molecule has 17 heavy (non-hydrogen) atoms. The van der Waals surface area contributed by atoms with Gasteiger partial charge in [-0.15, -0.1) is 0 Å². The van der Waals surface area contributed by atoms with Gasteiger partial charge in [0.2, 0.25) is 0 Å². The lowest BCUT2D eigenvalue weighted by atomic mass is 9.74. The van der Waals surface area contributed by atoms with Gasteiger partial charge in [0.25, 0.3) is 0 Å². The van der Waals surface area contributed by atoms with E-state index in [9.17, 15) is 5.11 Å². The fraction of sp³-hybridized carbons (Fsp3) is 0.714. The Hall–Kier alpha value is -0.380. The SMILES string of the molecule is Cc1cscc1CNCC1(CO)CCCCC1. The van der Waals surface area contributed by atoms with Crippen molar-refractivity contribution in [2.45, 2.75) is 45.6 Å². The number of aliphatic hydroxyl groups excluding tert-OH is 1. The summed E-state index contributed by atoms with van der Waals surface area (Å²) in [7, 11) is 0. The number of hydrogen-bond acceptors (Lipinski definition) is 3. The minimum atomic E-state index is 0.155. The lowest BCUT2D eigenvalue weighted by molar-refractivity contribution is 0.0810. The van der Waals surface area contributed by atoms with E-state index in [1.807, 2.05) is 0 Å².